The van der Waals surface area contributed by atoms with Gasteiger partial charge in [0, 0.05) is 12.7 Å². The van der Waals surface area contributed by atoms with Crippen LogP contribution >= 0.6 is 15.9 Å². The van der Waals surface area contributed by atoms with Crippen LogP contribution in [0.25, 0.3) is 11.0 Å². The summed E-state index contributed by atoms with van der Waals surface area (Å²) in [6.07, 6.45) is 1.68. The van der Waals surface area contributed by atoms with E-state index in [1.807, 2.05) is 46.0 Å². The van der Waals surface area contributed by atoms with Gasteiger partial charge in [0.25, 0.3) is 0 Å². The number of fused-ring (bicyclic) bond motifs is 1. The van der Waals surface area contributed by atoms with Crippen molar-refractivity contribution in [2.24, 2.45) is 7.05 Å². The van der Waals surface area contributed by atoms with Gasteiger partial charge in [0.2, 0.25) is 0 Å². The van der Waals surface area contributed by atoms with E-state index in [-0.39, 0.29) is 6.10 Å². The number of aromatic nitrogens is 4. The van der Waals surface area contributed by atoms with Gasteiger partial charge in [0.1, 0.15) is 22.5 Å². The van der Waals surface area contributed by atoms with E-state index < -0.39 is 0 Å². The summed E-state index contributed by atoms with van der Waals surface area (Å²) < 4.78 is 8.21. The van der Waals surface area contributed by atoms with Crippen molar-refractivity contribution in [1.82, 2.24) is 19.7 Å². The highest BCUT2D eigenvalue weighted by molar-refractivity contribution is 9.10. The summed E-state index contributed by atoms with van der Waals surface area (Å²) in [5, 5.41) is 8.52. The minimum Gasteiger partial charge on any atom is -0.491 e. The van der Waals surface area contributed by atoms with Gasteiger partial charge in [0.05, 0.1) is 11.5 Å². The highest BCUT2D eigenvalue weighted by Gasteiger charge is 2.13. The lowest BCUT2D eigenvalue weighted by atomic mass is 10.2. The van der Waals surface area contributed by atoms with E-state index in [1.54, 1.807) is 4.68 Å². The Labute approximate surface area is 143 Å². The summed E-state index contributed by atoms with van der Waals surface area (Å²) in [5.41, 5.74) is 2.78. The fraction of sp³-hybridized carbons (Fsp3) is 0.312. The molecule has 0 saturated carbocycles. The first-order valence-electron chi connectivity index (χ1n) is 7.33. The molecule has 1 N–H and O–H groups in total. The van der Waals surface area contributed by atoms with E-state index in [2.05, 4.69) is 36.3 Å². The van der Waals surface area contributed by atoms with E-state index in [1.165, 1.54) is 6.33 Å². The second kappa shape index (κ2) is 6.16. The largest absolute Gasteiger partial charge is 0.491 e. The van der Waals surface area contributed by atoms with Crippen LogP contribution in [0.4, 0.5) is 11.5 Å². The van der Waals surface area contributed by atoms with Gasteiger partial charge in [-0.2, -0.15) is 5.10 Å². The summed E-state index contributed by atoms with van der Waals surface area (Å²) in [6.45, 7) is 6.06. The Hall–Kier alpha value is -2.15. The maximum absolute atomic E-state index is 5.77. The van der Waals surface area contributed by atoms with Gasteiger partial charge >= 0.3 is 0 Å². The fourth-order valence-corrected chi connectivity index (χ4v) is 2.99. The Morgan fingerprint density at radius 1 is 1.26 bits per heavy atom. The van der Waals surface area contributed by atoms with Crippen LogP contribution < -0.4 is 10.1 Å². The molecule has 0 atom stereocenters. The molecule has 0 radical (unpaired) electrons. The number of ether oxygens (including phenoxy) is 1. The molecule has 0 aliphatic rings. The predicted octanol–water partition coefficient (Wildman–Crippen LogP) is 3.97. The zero-order valence-electron chi connectivity index (χ0n) is 13.5. The lowest BCUT2D eigenvalue weighted by Gasteiger charge is -2.14. The summed E-state index contributed by atoms with van der Waals surface area (Å²) in [6, 6.07) is 5.98. The van der Waals surface area contributed by atoms with Crippen molar-refractivity contribution >= 4 is 38.5 Å². The van der Waals surface area contributed by atoms with Gasteiger partial charge < -0.3 is 10.1 Å². The standard InChI is InChI=1S/C16H18BrN5O/c1-9(2)23-12-6-5-11(7-10(12)3)20-15-13-14(17)21-22(4)16(13)19-8-18-15/h5-9H,1-4H3,(H,18,19,20). The van der Waals surface area contributed by atoms with E-state index in [0.717, 1.165) is 32.6 Å². The van der Waals surface area contributed by atoms with Crippen molar-refractivity contribution in [1.29, 1.82) is 0 Å². The lowest BCUT2D eigenvalue weighted by Crippen LogP contribution is -2.06. The topological polar surface area (TPSA) is 64.9 Å². The van der Waals surface area contributed by atoms with Crippen molar-refractivity contribution < 1.29 is 4.74 Å². The zero-order chi connectivity index (χ0) is 16.6. The molecule has 0 unspecified atom stereocenters. The molecule has 0 saturated heterocycles. The highest BCUT2D eigenvalue weighted by atomic mass is 79.9. The number of anilines is 2. The number of benzene rings is 1. The molecule has 2 heterocycles. The van der Waals surface area contributed by atoms with Crippen LogP contribution in [-0.4, -0.2) is 25.9 Å². The molecule has 6 nitrogen and oxygen atoms in total. The van der Waals surface area contributed by atoms with Crippen LogP contribution in [0.2, 0.25) is 0 Å². The van der Waals surface area contributed by atoms with Gasteiger partial charge in [-0.15, -0.1) is 0 Å². The Kier molecular flexibility index (Phi) is 4.21. The second-order valence-corrected chi connectivity index (χ2v) is 6.36. The van der Waals surface area contributed by atoms with Crippen molar-refractivity contribution in [2.45, 2.75) is 26.9 Å². The number of nitrogens with one attached hydrogen (secondary N) is 1. The smallest absolute Gasteiger partial charge is 0.164 e. The summed E-state index contributed by atoms with van der Waals surface area (Å²) in [5.74, 6) is 1.60. The van der Waals surface area contributed by atoms with Crippen molar-refractivity contribution in [2.75, 3.05) is 5.32 Å². The molecule has 3 rings (SSSR count). The minimum atomic E-state index is 0.153. The maximum atomic E-state index is 5.77. The number of hydrogen-bond donors (Lipinski definition) is 1. The minimum absolute atomic E-state index is 0.153. The first-order chi connectivity index (χ1) is 11.0. The molecule has 0 fully saturated rings. The van der Waals surface area contributed by atoms with Crippen LogP contribution in [0, 0.1) is 6.92 Å². The van der Waals surface area contributed by atoms with E-state index >= 15 is 0 Å². The monoisotopic (exact) mass is 375 g/mol. The molecule has 0 amide bonds. The third-order valence-corrected chi connectivity index (χ3v) is 3.93. The molecule has 1 aromatic carbocycles. The van der Waals surface area contributed by atoms with Gasteiger partial charge in [-0.3, -0.25) is 0 Å². The molecule has 7 heteroatoms. The summed E-state index contributed by atoms with van der Waals surface area (Å²) in [7, 11) is 1.85. The van der Waals surface area contributed by atoms with Gasteiger partial charge in [-0.25, -0.2) is 14.6 Å². The van der Waals surface area contributed by atoms with Crippen molar-refractivity contribution in [3.63, 3.8) is 0 Å². The molecular formula is C16H18BrN5O. The molecule has 2 aromatic heterocycles. The number of nitrogens with zero attached hydrogens (tertiary/aromatic N) is 4. The van der Waals surface area contributed by atoms with Crippen molar-refractivity contribution in [3.8, 4) is 5.75 Å². The third kappa shape index (κ3) is 3.14. The van der Waals surface area contributed by atoms with Crippen molar-refractivity contribution in [3.05, 3.63) is 34.7 Å². The summed E-state index contributed by atoms with van der Waals surface area (Å²) >= 11 is 3.46. The highest BCUT2D eigenvalue weighted by Crippen LogP contribution is 2.30. The van der Waals surface area contributed by atoms with Crippen LogP contribution in [-0.2, 0) is 7.05 Å². The average molecular weight is 376 g/mol. The van der Waals surface area contributed by atoms with Gasteiger partial charge in [-0.05, 0) is 60.5 Å². The normalized spacial score (nSPS) is 11.2. The lowest BCUT2D eigenvalue weighted by molar-refractivity contribution is 0.241. The molecule has 0 spiro atoms. The molecule has 23 heavy (non-hydrogen) atoms. The fourth-order valence-electron chi connectivity index (χ4n) is 2.39. The van der Waals surface area contributed by atoms with Gasteiger partial charge in [0.15, 0.2) is 5.65 Å². The molecular weight excluding hydrogens is 358 g/mol. The van der Waals surface area contributed by atoms with E-state index in [9.17, 15) is 0 Å². The quantitative estimate of drug-likeness (QED) is 0.747. The number of hydrogen-bond acceptors (Lipinski definition) is 5. The SMILES string of the molecule is Cc1cc(Nc2ncnc3c2c(Br)nn3C)ccc1OC(C)C. The van der Waals surface area contributed by atoms with Crippen LogP contribution in [0.15, 0.2) is 29.1 Å². The van der Waals surface area contributed by atoms with Crippen LogP contribution in [0.1, 0.15) is 19.4 Å². The molecule has 0 aliphatic heterocycles. The van der Waals surface area contributed by atoms with Crippen LogP contribution in [0.3, 0.4) is 0 Å². The Balaban J connectivity index is 1.95. The molecule has 120 valence electrons. The molecule has 0 aliphatic carbocycles. The first-order valence-corrected chi connectivity index (χ1v) is 8.12. The predicted molar refractivity (Wildman–Crippen MR) is 94.2 cm³/mol. The maximum Gasteiger partial charge on any atom is 0.164 e. The number of rotatable bonds is 4. The van der Waals surface area contributed by atoms with E-state index in [4.69, 9.17) is 4.74 Å². The molecule has 0 bridgehead atoms. The Morgan fingerprint density at radius 3 is 2.74 bits per heavy atom. The third-order valence-electron chi connectivity index (χ3n) is 3.38. The molecule has 3 aromatic rings. The number of aryl methyl sites for hydroxylation is 2. The first kappa shape index (κ1) is 15.7. The van der Waals surface area contributed by atoms with Crippen LogP contribution in [0.5, 0.6) is 5.75 Å². The average Bonchev–Trinajstić information content (AvgIpc) is 2.78. The summed E-state index contributed by atoms with van der Waals surface area (Å²) in [4.78, 5) is 8.61. The Bertz CT molecular complexity index is 859. The van der Waals surface area contributed by atoms with E-state index in [0.29, 0.717) is 5.82 Å². The zero-order valence-corrected chi connectivity index (χ0v) is 15.0. The van der Waals surface area contributed by atoms with Gasteiger partial charge in [-0.1, -0.05) is 0 Å². The second-order valence-electron chi connectivity index (χ2n) is 5.61. The number of halogens is 1. The Morgan fingerprint density at radius 2 is 2.04 bits per heavy atom.